The predicted molar refractivity (Wildman–Crippen MR) is 170 cm³/mol. The van der Waals surface area contributed by atoms with Gasteiger partial charge in [0.2, 0.25) is 0 Å². The summed E-state index contributed by atoms with van der Waals surface area (Å²) in [6.07, 6.45) is -3.76. The molecule has 0 saturated carbocycles. The quantitative estimate of drug-likeness (QED) is 0.198. The number of esters is 2. The number of carbonyl (C=O) groups is 2. The minimum atomic E-state index is -5.52. The second kappa shape index (κ2) is 13.0. The normalized spacial score (nSPS) is 31.5. The van der Waals surface area contributed by atoms with Gasteiger partial charge in [0.1, 0.15) is 17.9 Å². The third kappa shape index (κ3) is 7.45. The van der Waals surface area contributed by atoms with Crippen LogP contribution in [-0.2, 0) is 52.2 Å². The summed E-state index contributed by atoms with van der Waals surface area (Å²) >= 11 is 0. The first-order valence-electron chi connectivity index (χ1n) is 15.9. The molecule has 2 aromatic rings. The fourth-order valence-electron chi connectivity index (χ4n) is 7.40. The molecule has 23 heteroatoms. The number of hydroxylamine groups is 4. The maximum Gasteiger partial charge on any atom is 0.481 e. The molecule has 3 saturated heterocycles. The van der Waals surface area contributed by atoms with Crippen molar-refractivity contribution >= 4 is 44.6 Å². The summed E-state index contributed by atoms with van der Waals surface area (Å²) < 4.78 is 52.1. The molecule has 284 valence electrons. The smallest absolute Gasteiger partial charge is 0.455 e. The van der Waals surface area contributed by atoms with Crippen LogP contribution in [0.3, 0.4) is 0 Å². The highest BCUT2D eigenvalue weighted by molar-refractivity contribution is 7.60. The molecular formula is C28H43N7O14P2. The van der Waals surface area contributed by atoms with Crippen molar-refractivity contribution in [3.8, 4) is 0 Å². The standard InChI is InChI=1S/C28H43N7O14P2/c1-25(2)9-14(27(5,6)34(25)38)23(36)47-18-16(11-45-51(43,44)49-50(40,41)42)46-22(33-13-32-17-20(29)30-12-31-21(17)33)19(18)48-24(37)15-10-26(3,4)35(39)28(15,7)8/h12-16,18-19,22H,9-11H2,1-8H3,(H,43,44)(H2,29,30,31)(H2,40,41,42)/t14?,15?,16-,18-,19-,22-/m1/s1. The Morgan fingerprint density at radius 2 is 1.39 bits per heavy atom. The first-order valence-corrected chi connectivity index (χ1v) is 18.9. The highest BCUT2D eigenvalue weighted by Crippen LogP contribution is 2.58. The van der Waals surface area contributed by atoms with Crippen molar-refractivity contribution in [3.05, 3.63) is 12.7 Å². The topological polar surface area (TPSA) is 291 Å². The summed E-state index contributed by atoms with van der Waals surface area (Å²) in [6, 6.07) is 0. The van der Waals surface area contributed by atoms with Gasteiger partial charge in [0.15, 0.2) is 29.9 Å². The molecule has 3 fully saturated rings. The molecule has 5 heterocycles. The van der Waals surface area contributed by atoms with Gasteiger partial charge in [-0.25, -0.2) is 24.1 Å². The minimum Gasteiger partial charge on any atom is -0.455 e. The van der Waals surface area contributed by atoms with Crippen molar-refractivity contribution < 1.29 is 66.9 Å². The van der Waals surface area contributed by atoms with Crippen molar-refractivity contribution in [2.45, 2.75) is 115 Å². The Kier molecular flexibility index (Phi) is 10.1. The van der Waals surface area contributed by atoms with Crippen molar-refractivity contribution in [1.29, 1.82) is 0 Å². The number of hydrogen-bond donors (Lipinski definition) is 4. The first-order chi connectivity index (χ1) is 23.2. The third-order valence-corrected chi connectivity index (χ3v) is 12.0. The van der Waals surface area contributed by atoms with Gasteiger partial charge in [-0.05, 0) is 68.2 Å². The number of rotatable bonds is 10. The van der Waals surface area contributed by atoms with E-state index in [1.54, 1.807) is 55.4 Å². The third-order valence-electron chi connectivity index (χ3n) is 9.89. The van der Waals surface area contributed by atoms with Crippen LogP contribution >= 0.6 is 15.6 Å². The zero-order chi connectivity index (χ0) is 38.3. The maximum atomic E-state index is 14.1. The van der Waals surface area contributed by atoms with Crippen LogP contribution in [0.4, 0.5) is 5.82 Å². The number of imidazole rings is 1. The number of nitrogen functional groups attached to an aromatic ring is 1. The number of aromatic nitrogens is 4. The summed E-state index contributed by atoms with van der Waals surface area (Å²) in [5.41, 5.74) is 1.77. The number of nitrogens with two attached hydrogens (primary N) is 1. The number of anilines is 1. The van der Waals surface area contributed by atoms with Gasteiger partial charge >= 0.3 is 27.6 Å². The summed E-state index contributed by atoms with van der Waals surface area (Å²) in [5.74, 6) is -3.79. The van der Waals surface area contributed by atoms with E-state index in [9.17, 15) is 34.0 Å². The van der Waals surface area contributed by atoms with Gasteiger partial charge in [0, 0.05) is 11.1 Å². The van der Waals surface area contributed by atoms with E-state index in [1.165, 1.54) is 10.9 Å². The SMILES string of the molecule is CC1(C)CC(C(=O)O[C@@H]2[C@H](OC(=O)C3CC(C)(C)N([O])C3(C)C)[C@@H](COP(=O)(O)OP(=O)(O)O)O[C@H]2n2cnc3c(N)ncnc32)C(C)(C)N1[O]. The lowest BCUT2D eigenvalue weighted by Gasteiger charge is -2.34. The van der Waals surface area contributed by atoms with Crippen molar-refractivity contribution in [2.75, 3.05) is 12.3 Å². The second-order valence-electron chi connectivity index (χ2n) is 15.3. The average Bonchev–Trinajstić information content (AvgIpc) is 3.65. The summed E-state index contributed by atoms with van der Waals surface area (Å²) in [5, 5.41) is 27.9. The van der Waals surface area contributed by atoms with Gasteiger partial charge in [-0.2, -0.15) is 4.31 Å². The Morgan fingerprint density at radius 1 is 0.882 bits per heavy atom. The van der Waals surface area contributed by atoms with E-state index in [2.05, 4.69) is 19.3 Å². The van der Waals surface area contributed by atoms with Crippen LogP contribution < -0.4 is 5.73 Å². The molecule has 51 heavy (non-hydrogen) atoms. The number of ether oxygens (including phenoxy) is 3. The van der Waals surface area contributed by atoms with E-state index in [1.807, 2.05) is 0 Å². The molecule has 0 amide bonds. The molecule has 0 aliphatic carbocycles. The molecule has 7 atom stereocenters. The van der Waals surface area contributed by atoms with E-state index >= 15 is 0 Å². The molecule has 2 radical (unpaired) electrons. The van der Waals surface area contributed by atoms with Gasteiger partial charge < -0.3 is 34.6 Å². The molecule has 3 unspecified atom stereocenters. The Hall–Kier alpha value is -2.65. The number of fused-ring (bicyclic) bond motifs is 1. The lowest BCUT2D eigenvalue weighted by atomic mass is 9.87. The lowest BCUT2D eigenvalue weighted by molar-refractivity contribution is -0.250. The molecule has 0 aromatic carbocycles. The zero-order valence-corrected chi connectivity index (χ0v) is 31.0. The van der Waals surface area contributed by atoms with Crippen LogP contribution in [0.1, 0.15) is 74.5 Å². The lowest BCUT2D eigenvalue weighted by Crippen LogP contribution is -2.50. The van der Waals surface area contributed by atoms with Crippen LogP contribution in [-0.4, -0.2) is 103 Å². The molecular weight excluding hydrogens is 720 g/mol. The second-order valence-corrected chi connectivity index (χ2v) is 18.2. The van der Waals surface area contributed by atoms with Crippen molar-refractivity contribution in [1.82, 2.24) is 29.6 Å². The van der Waals surface area contributed by atoms with Crippen LogP contribution in [0.5, 0.6) is 0 Å². The molecule has 3 aliphatic rings. The van der Waals surface area contributed by atoms with E-state index in [4.69, 9.17) is 34.3 Å². The largest absolute Gasteiger partial charge is 0.481 e. The van der Waals surface area contributed by atoms with Crippen LogP contribution in [0, 0.1) is 11.8 Å². The Bertz CT molecular complexity index is 1780. The number of nitrogens with zero attached hydrogens (tertiary/aromatic N) is 6. The summed E-state index contributed by atoms with van der Waals surface area (Å²) in [4.78, 5) is 68.7. The first kappa shape index (κ1) is 39.6. The van der Waals surface area contributed by atoms with Crippen LogP contribution in [0.2, 0.25) is 0 Å². The molecule has 5 rings (SSSR count). The number of hydrogen-bond acceptors (Lipinski definition) is 15. The number of carbonyl (C=O) groups excluding carboxylic acids is 2. The van der Waals surface area contributed by atoms with Gasteiger partial charge in [0.25, 0.3) is 0 Å². The maximum absolute atomic E-state index is 14.1. The molecule has 2 aromatic heterocycles. The predicted octanol–water partition coefficient (Wildman–Crippen LogP) is 1.80. The Balaban J connectivity index is 1.57. The minimum absolute atomic E-state index is 0.0114. The van der Waals surface area contributed by atoms with Gasteiger partial charge in [-0.3, -0.25) is 18.7 Å². The molecule has 21 nitrogen and oxygen atoms in total. The van der Waals surface area contributed by atoms with Gasteiger partial charge in [0.05, 0.1) is 35.8 Å². The molecule has 0 spiro atoms. The van der Waals surface area contributed by atoms with Crippen molar-refractivity contribution in [3.63, 3.8) is 0 Å². The number of phosphoric ester groups is 1. The summed E-state index contributed by atoms with van der Waals surface area (Å²) in [6.45, 7) is 12.0. The fourth-order valence-corrected chi connectivity index (χ4v) is 9.00. The molecule has 0 bridgehead atoms. The molecule has 3 aliphatic heterocycles. The van der Waals surface area contributed by atoms with E-state index in [-0.39, 0.29) is 29.8 Å². The molecule has 5 N–H and O–H groups in total. The van der Waals surface area contributed by atoms with Gasteiger partial charge in [-0.1, -0.05) is 0 Å². The zero-order valence-electron chi connectivity index (χ0n) is 29.2. The van der Waals surface area contributed by atoms with E-state index < -0.39 is 92.7 Å². The number of phosphoric acid groups is 2. The van der Waals surface area contributed by atoms with E-state index in [0.29, 0.717) is 0 Å². The van der Waals surface area contributed by atoms with Gasteiger partial charge in [-0.15, -0.1) is 20.5 Å². The van der Waals surface area contributed by atoms with Crippen LogP contribution in [0.25, 0.3) is 11.2 Å². The highest BCUT2D eigenvalue weighted by atomic mass is 31.3. The summed E-state index contributed by atoms with van der Waals surface area (Å²) in [7, 11) is -11.0. The van der Waals surface area contributed by atoms with E-state index in [0.717, 1.165) is 16.5 Å². The van der Waals surface area contributed by atoms with Crippen molar-refractivity contribution in [2.24, 2.45) is 11.8 Å². The Morgan fingerprint density at radius 3 is 1.86 bits per heavy atom. The fraction of sp³-hybridized carbons (Fsp3) is 0.750. The Labute approximate surface area is 292 Å². The average molecular weight is 764 g/mol. The van der Waals surface area contributed by atoms with Crippen LogP contribution in [0.15, 0.2) is 12.7 Å². The highest BCUT2D eigenvalue weighted by Gasteiger charge is 2.60. The monoisotopic (exact) mass is 763 g/mol.